The van der Waals surface area contributed by atoms with E-state index in [1.807, 2.05) is 12.3 Å². The van der Waals surface area contributed by atoms with Gasteiger partial charge in [0.15, 0.2) is 0 Å². The van der Waals surface area contributed by atoms with E-state index >= 15 is 0 Å². The standard InChI is InChI=1S/C7H8IN/c1-6-2-3-9-7(4-6)5-8/h2-4H,5H2,1H3. The summed E-state index contributed by atoms with van der Waals surface area (Å²) in [5.41, 5.74) is 2.45. The van der Waals surface area contributed by atoms with E-state index in [2.05, 4.69) is 40.6 Å². The maximum atomic E-state index is 4.15. The van der Waals surface area contributed by atoms with E-state index < -0.39 is 0 Å². The predicted molar refractivity (Wildman–Crippen MR) is 46.7 cm³/mol. The Morgan fingerprint density at radius 3 is 2.89 bits per heavy atom. The van der Waals surface area contributed by atoms with Crippen LogP contribution >= 0.6 is 22.6 Å². The van der Waals surface area contributed by atoms with Crippen LogP contribution in [0.3, 0.4) is 0 Å². The highest BCUT2D eigenvalue weighted by molar-refractivity contribution is 14.1. The van der Waals surface area contributed by atoms with Gasteiger partial charge in [-0.2, -0.15) is 0 Å². The van der Waals surface area contributed by atoms with Gasteiger partial charge in [-0.05, 0) is 24.6 Å². The zero-order valence-corrected chi connectivity index (χ0v) is 7.42. The minimum absolute atomic E-state index is 0.999. The third-order valence-corrected chi connectivity index (χ3v) is 1.89. The fraction of sp³-hybridized carbons (Fsp3) is 0.286. The van der Waals surface area contributed by atoms with Gasteiger partial charge in [-0.25, -0.2) is 0 Å². The Labute approximate surface area is 68.6 Å². The van der Waals surface area contributed by atoms with Crippen LogP contribution in [-0.2, 0) is 4.43 Å². The third kappa shape index (κ3) is 1.93. The summed E-state index contributed by atoms with van der Waals surface area (Å²) >= 11 is 2.31. The SMILES string of the molecule is Cc1ccnc(CI)c1. The van der Waals surface area contributed by atoms with E-state index in [9.17, 15) is 0 Å². The molecule has 0 atom stereocenters. The van der Waals surface area contributed by atoms with E-state index in [4.69, 9.17) is 0 Å². The molecule has 1 rings (SSSR count). The van der Waals surface area contributed by atoms with Crippen molar-refractivity contribution >= 4 is 22.6 Å². The molecule has 0 N–H and O–H groups in total. The van der Waals surface area contributed by atoms with Crippen molar-refractivity contribution in [3.8, 4) is 0 Å². The molecule has 1 heterocycles. The molecule has 0 fully saturated rings. The topological polar surface area (TPSA) is 12.9 Å². The van der Waals surface area contributed by atoms with Crippen molar-refractivity contribution in [3.05, 3.63) is 29.6 Å². The summed E-state index contributed by atoms with van der Waals surface area (Å²) in [6.07, 6.45) is 1.85. The zero-order chi connectivity index (χ0) is 6.69. The number of nitrogens with zero attached hydrogens (tertiary/aromatic N) is 1. The van der Waals surface area contributed by atoms with Gasteiger partial charge < -0.3 is 0 Å². The molecular formula is C7H8IN. The molecule has 0 saturated carbocycles. The molecule has 0 amide bonds. The number of pyridine rings is 1. The van der Waals surface area contributed by atoms with Crippen LogP contribution in [0.1, 0.15) is 11.3 Å². The molecule has 0 unspecified atom stereocenters. The quantitative estimate of drug-likeness (QED) is 0.535. The highest BCUT2D eigenvalue weighted by Crippen LogP contribution is 2.03. The molecule has 48 valence electrons. The molecule has 0 aliphatic heterocycles. The first-order valence-electron chi connectivity index (χ1n) is 2.80. The van der Waals surface area contributed by atoms with Gasteiger partial charge >= 0.3 is 0 Å². The number of halogens is 1. The Hall–Kier alpha value is -0.120. The fourth-order valence-corrected chi connectivity index (χ4v) is 1.09. The van der Waals surface area contributed by atoms with E-state index in [1.54, 1.807) is 0 Å². The second-order valence-corrected chi connectivity index (χ2v) is 2.72. The minimum atomic E-state index is 0.999. The molecule has 9 heavy (non-hydrogen) atoms. The minimum Gasteiger partial charge on any atom is -0.260 e. The van der Waals surface area contributed by atoms with Crippen LogP contribution in [0.15, 0.2) is 18.3 Å². The van der Waals surface area contributed by atoms with Crippen molar-refractivity contribution < 1.29 is 0 Å². The normalized spacial score (nSPS) is 9.56. The summed E-state index contributed by atoms with van der Waals surface area (Å²) in [6, 6.07) is 4.11. The summed E-state index contributed by atoms with van der Waals surface area (Å²) in [4.78, 5) is 4.15. The maximum absolute atomic E-state index is 4.15. The van der Waals surface area contributed by atoms with Crippen LogP contribution < -0.4 is 0 Å². The molecule has 0 aromatic carbocycles. The number of hydrogen-bond acceptors (Lipinski definition) is 1. The summed E-state index contributed by atoms with van der Waals surface area (Å²) in [7, 11) is 0. The lowest BCUT2D eigenvalue weighted by Crippen LogP contribution is -1.83. The Kier molecular flexibility index (Phi) is 2.45. The number of alkyl halides is 1. The van der Waals surface area contributed by atoms with Gasteiger partial charge in [0, 0.05) is 10.6 Å². The molecule has 0 aliphatic carbocycles. The number of aromatic nitrogens is 1. The first-order chi connectivity index (χ1) is 4.33. The molecule has 0 aliphatic rings. The first kappa shape index (κ1) is 6.99. The average Bonchev–Trinajstić information content (AvgIpc) is 1.88. The van der Waals surface area contributed by atoms with Crippen LogP contribution in [0, 0.1) is 6.92 Å². The van der Waals surface area contributed by atoms with Gasteiger partial charge in [-0.1, -0.05) is 22.6 Å². The van der Waals surface area contributed by atoms with Gasteiger partial charge in [-0.3, -0.25) is 4.98 Å². The molecule has 1 nitrogen and oxygen atoms in total. The maximum Gasteiger partial charge on any atom is 0.0503 e. The number of hydrogen-bond donors (Lipinski definition) is 0. The third-order valence-electron chi connectivity index (χ3n) is 1.11. The Bertz CT molecular complexity index is 198. The summed E-state index contributed by atoms with van der Waals surface area (Å²) in [5.74, 6) is 0. The predicted octanol–water partition coefficient (Wildman–Crippen LogP) is 2.33. The van der Waals surface area contributed by atoms with Gasteiger partial charge in [-0.15, -0.1) is 0 Å². The molecule has 0 spiro atoms. The second-order valence-electron chi connectivity index (χ2n) is 1.96. The summed E-state index contributed by atoms with van der Waals surface area (Å²) in [6.45, 7) is 2.08. The van der Waals surface area contributed by atoms with Crippen LogP contribution in [-0.4, -0.2) is 4.98 Å². The van der Waals surface area contributed by atoms with Crippen molar-refractivity contribution in [2.24, 2.45) is 0 Å². The Morgan fingerprint density at radius 2 is 2.44 bits per heavy atom. The molecular weight excluding hydrogens is 225 g/mol. The van der Waals surface area contributed by atoms with Crippen molar-refractivity contribution in [2.75, 3.05) is 0 Å². The van der Waals surface area contributed by atoms with Crippen molar-refractivity contribution in [1.82, 2.24) is 4.98 Å². The number of rotatable bonds is 1. The molecule has 0 bridgehead atoms. The summed E-state index contributed by atoms with van der Waals surface area (Å²) in [5, 5.41) is 0. The number of aryl methyl sites for hydroxylation is 1. The zero-order valence-electron chi connectivity index (χ0n) is 5.26. The lowest BCUT2D eigenvalue weighted by Gasteiger charge is -1.93. The molecule has 1 aromatic rings. The Morgan fingerprint density at radius 1 is 1.67 bits per heavy atom. The second kappa shape index (κ2) is 3.15. The van der Waals surface area contributed by atoms with Gasteiger partial charge in [0.25, 0.3) is 0 Å². The van der Waals surface area contributed by atoms with Crippen molar-refractivity contribution in [3.63, 3.8) is 0 Å². The van der Waals surface area contributed by atoms with Crippen LogP contribution in [0.5, 0.6) is 0 Å². The molecule has 1 aromatic heterocycles. The van der Waals surface area contributed by atoms with Crippen LogP contribution in [0.2, 0.25) is 0 Å². The van der Waals surface area contributed by atoms with Gasteiger partial charge in [0.1, 0.15) is 0 Å². The monoisotopic (exact) mass is 233 g/mol. The lowest BCUT2D eigenvalue weighted by atomic mass is 10.3. The summed E-state index contributed by atoms with van der Waals surface area (Å²) < 4.78 is 0.999. The van der Waals surface area contributed by atoms with E-state index in [0.29, 0.717) is 0 Å². The highest BCUT2D eigenvalue weighted by atomic mass is 127. The van der Waals surface area contributed by atoms with Crippen LogP contribution in [0.4, 0.5) is 0 Å². The van der Waals surface area contributed by atoms with E-state index in [-0.39, 0.29) is 0 Å². The van der Waals surface area contributed by atoms with Crippen molar-refractivity contribution in [1.29, 1.82) is 0 Å². The van der Waals surface area contributed by atoms with E-state index in [0.717, 1.165) is 10.1 Å². The van der Waals surface area contributed by atoms with E-state index in [1.165, 1.54) is 5.56 Å². The average molecular weight is 233 g/mol. The fourth-order valence-electron chi connectivity index (χ4n) is 0.672. The largest absolute Gasteiger partial charge is 0.260 e. The van der Waals surface area contributed by atoms with Gasteiger partial charge in [0.05, 0.1) is 5.69 Å². The first-order valence-corrected chi connectivity index (χ1v) is 4.33. The molecule has 0 saturated heterocycles. The van der Waals surface area contributed by atoms with Crippen molar-refractivity contribution in [2.45, 2.75) is 11.4 Å². The smallest absolute Gasteiger partial charge is 0.0503 e. The lowest BCUT2D eigenvalue weighted by molar-refractivity contribution is 1.17. The Balaban J connectivity index is 2.94. The van der Waals surface area contributed by atoms with Crippen LogP contribution in [0.25, 0.3) is 0 Å². The molecule has 0 radical (unpaired) electrons. The molecule has 2 heteroatoms. The highest BCUT2D eigenvalue weighted by Gasteiger charge is 1.88. The van der Waals surface area contributed by atoms with Gasteiger partial charge in [0.2, 0.25) is 0 Å².